The third-order valence-electron chi connectivity index (χ3n) is 4.68. The van der Waals surface area contributed by atoms with Crippen molar-refractivity contribution in [1.82, 2.24) is 10.6 Å². The maximum Gasteiger partial charge on any atom is 0.226 e. The molecule has 2 rings (SSSR count). The second kappa shape index (κ2) is 6.76. The Morgan fingerprint density at radius 2 is 2.06 bits per heavy atom. The minimum atomic E-state index is -0.0336. The molecule has 2 unspecified atom stereocenters. The molecule has 2 aliphatic rings. The summed E-state index contributed by atoms with van der Waals surface area (Å²) in [6, 6.07) is 0.929. The van der Waals surface area contributed by atoms with Crippen molar-refractivity contribution in [1.29, 1.82) is 0 Å². The number of carbonyl (C=O) groups is 1. The summed E-state index contributed by atoms with van der Waals surface area (Å²) in [4.78, 5) is 12.4. The van der Waals surface area contributed by atoms with Gasteiger partial charge < -0.3 is 10.6 Å². The molecule has 2 N–H and O–H groups in total. The van der Waals surface area contributed by atoms with Crippen molar-refractivity contribution in [2.45, 2.75) is 70.9 Å². The quantitative estimate of drug-likeness (QED) is 0.831. The Balaban J connectivity index is 0.00000162. The monoisotopic (exact) mass is 274 g/mol. The van der Waals surface area contributed by atoms with Crippen LogP contribution in [-0.4, -0.2) is 24.5 Å². The first-order valence-electron chi connectivity index (χ1n) is 7.20. The van der Waals surface area contributed by atoms with Crippen molar-refractivity contribution in [3.63, 3.8) is 0 Å². The standard InChI is InChI=1S/C14H26N2O.ClH/c1-3-14(7-4-5-8-14)13(17)16-12-6-9-15-11(2)10-12;/h11-12,15H,3-10H2,1-2H3,(H,16,17);1H. The number of carbonyl (C=O) groups excluding carboxylic acids is 1. The second-order valence-electron chi connectivity index (χ2n) is 5.89. The minimum absolute atomic E-state index is 0. The molecule has 2 atom stereocenters. The Morgan fingerprint density at radius 3 is 2.61 bits per heavy atom. The van der Waals surface area contributed by atoms with Crippen LogP contribution in [0.3, 0.4) is 0 Å². The molecule has 0 bridgehead atoms. The van der Waals surface area contributed by atoms with E-state index in [4.69, 9.17) is 0 Å². The van der Waals surface area contributed by atoms with Crippen LogP contribution in [0, 0.1) is 5.41 Å². The number of hydrogen-bond donors (Lipinski definition) is 2. The van der Waals surface area contributed by atoms with Gasteiger partial charge in [0, 0.05) is 17.5 Å². The lowest BCUT2D eigenvalue weighted by atomic mass is 9.82. The van der Waals surface area contributed by atoms with E-state index in [9.17, 15) is 4.79 Å². The van der Waals surface area contributed by atoms with Crippen LogP contribution in [0.15, 0.2) is 0 Å². The normalized spacial score (nSPS) is 30.6. The molecule has 1 heterocycles. The highest BCUT2D eigenvalue weighted by atomic mass is 35.5. The van der Waals surface area contributed by atoms with Crippen molar-refractivity contribution in [3.8, 4) is 0 Å². The molecule has 0 aromatic carbocycles. The van der Waals surface area contributed by atoms with Crippen molar-refractivity contribution < 1.29 is 4.79 Å². The van der Waals surface area contributed by atoms with Crippen LogP contribution in [0.2, 0.25) is 0 Å². The Morgan fingerprint density at radius 1 is 1.39 bits per heavy atom. The Labute approximate surface area is 117 Å². The predicted octanol–water partition coefficient (Wildman–Crippen LogP) is 2.64. The Kier molecular flexibility index (Phi) is 5.93. The first kappa shape index (κ1) is 15.8. The number of piperidine rings is 1. The maximum atomic E-state index is 12.4. The zero-order valence-corrected chi connectivity index (χ0v) is 12.4. The van der Waals surface area contributed by atoms with Crippen LogP contribution >= 0.6 is 12.4 Å². The van der Waals surface area contributed by atoms with Crippen LogP contribution in [0.25, 0.3) is 0 Å². The SMILES string of the molecule is CCC1(C(=O)NC2CCNC(C)C2)CCCC1.Cl. The topological polar surface area (TPSA) is 41.1 Å². The summed E-state index contributed by atoms with van der Waals surface area (Å²) in [5.41, 5.74) is -0.0336. The molecule has 4 heteroatoms. The van der Waals surface area contributed by atoms with Gasteiger partial charge in [-0.2, -0.15) is 0 Å². The average molecular weight is 275 g/mol. The highest BCUT2D eigenvalue weighted by molar-refractivity contribution is 5.85. The fourth-order valence-corrected chi connectivity index (χ4v) is 3.39. The molecule has 0 aromatic rings. The summed E-state index contributed by atoms with van der Waals surface area (Å²) in [7, 11) is 0. The van der Waals surface area contributed by atoms with Gasteiger partial charge in [0.25, 0.3) is 0 Å². The van der Waals surface area contributed by atoms with Crippen LogP contribution in [0.1, 0.15) is 58.8 Å². The highest BCUT2D eigenvalue weighted by Crippen LogP contribution is 2.41. The Hall–Kier alpha value is -0.280. The summed E-state index contributed by atoms with van der Waals surface area (Å²) < 4.78 is 0. The summed E-state index contributed by atoms with van der Waals surface area (Å²) in [6.45, 7) is 5.39. The molecular weight excluding hydrogens is 248 g/mol. The number of nitrogens with one attached hydrogen (secondary N) is 2. The second-order valence-corrected chi connectivity index (χ2v) is 5.89. The van der Waals surface area contributed by atoms with Gasteiger partial charge in [0.1, 0.15) is 0 Å². The van der Waals surface area contributed by atoms with E-state index in [0.29, 0.717) is 18.0 Å². The van der Waals surface area contributed by atoms with Crippen LogP contribution in [0.5, 0.6) is 0 Å². The number of rotatable bonds is 3. The first-order valence-corrected chi connectivity index (χ1v) is 7.20. The van der Waals surface area contributed by atoms with Crippen molar-refractivity contribution in [3.05, 3.63) is 0 Å². The molecule has 0 spiro atoms. The minimum Gasteiger partial charge on any atom is -0.353 e. The molecule has 106 valence electrons. The first-order chi connectivity index (χ1) is 8.16. The van der Waals surface area contributed by atoms with Gasteiger partial charge >= 0.3 is 0 Å². The average Bonchev–Trinajstić information content (AvgIpc) is 2.78. The summed E-state index contributed by atoms with van der Waals surface area (Å²) in [5.74, 6) is 0.330. The van der Waals surface area contributed by atoms with E-state index in [2.05, 4.69) is 24.5 Å². The largest absolute Gasteiger partial charge is 0.353 e. The van der Waals surface area contributed by atoms with E-state index < -0.39 is 0 Å². The number of hydrogen-bond acceptors (Lipinski definition) is 2. The van der Waals surface area contributed by atoms with Gasteiger partial charge in [-0.05, 0) is 45.6 Å². The molecule has 1 saturated carbocycles. The predicted molar refractivity (Wildman–Crippen MR) is 77.1 cm³/mol. The fraction of sp³-hybridized carbons (Fsp3) is 0.929. The lowest BCUT2D eigenvalue weighted by molar-refractivity contribution is -0.132. The molecule has 1 aliphatic carbocycles. The van der Waals surface area contributed by atoms with Gasteiger partial charge in [-0.1, -0.05) is 19.8 Å². The molecule has 2 fully saturated rings. The molecule has 0 aromatic heterocycles. The lowest BCUT2D eigenvalue weighted by Crippen LogP contribution is -2.50. The van der Waals surface area contributed by atoms with Gasteiger partial charge in [-0.25, -0.2) is 0 Å². The van der Waals surface area contributed by atoms with Gasteiger partial charge in [0.2, 0.25) is 5.91 Å². The van der Waals surface area contributed by atoms with E-state index in [0.717, 1.165) is 38.6 Å². The summed E-state index contributed by atoms with van der Waals surface area (Å²) in [5, 5.41) is 6.73. The molecule has 1 aliphatic heterocycles. The summed E-state index contributed by atoms with van der Waals surface area (Å²) >= 11 is 0. The smallest absolute Gasteiger partial charge is 0.226 e. The van der Waals surface area contributed by atoms with E-state index in [1.807, 2.05) is 0 Å². The fourth-order valence-electron chi connectivity index (χ4n) is 3.39. The Bertz CT molecular complexity index is 277. The van der Waals surface area contributed by atoms with Crippen molar-refractivity contribution in [2.75, 3.05) is 6.54 Å². The van der Waals surface area contributed by atoms with Crippen LogP contribution in [-0.2, 0) is 4.79 Å². The molecule has 0 radical (unpaired) electrons. The number of halogens is 1. The third kappa shape index (κ3) is 3.39. The van der Waals surface area contributed by atoms with Crippen molar-refractivity contribution in [2.24, 2.45) is 5.41 Å². The van der Waals surface area contributed by atoms with E-state index >= 15 is 0 Å². The van der Waals surface area contributed by atoms with Gasteiger partial charge in [0.15, 0.2) is 0 Å². The lowest BCUT2D eigenvalue weighted by Gasteiger charge is -2.33. The maximum absolute atomic E-state index is 12.4. The summed E-state index contributed by atoms with van der Waals surface area (Å²) in [6.07, 6.45) is 7.79. The van der Waals surface area contributed by atoms with Gasteiger partial charge in [0.05, 0.1) is 0 Å². The highest BCUT2D eigenvalue weighted by Gasteiger charge is 2.40. The molecule has 1 amide bonds. The van der Waals surface area contributed by atoms with E-state index in [1.54, 1.807) is 0 Å². The molecule has 1 saturated heterocycles. The van der Waals surface area contributed by atoms with E-state index in [1.165, 1.54) is 12.8 Å². The van der Waals surface area contributed by atoms with Gasteiger partial charge in [-0.15, -0.1) is 12.4 Å². The molecule has 3 nitrogen and oxygen atoms in total. The zero-order chi connectivity index (χ0) is 12.3. The van der Waals surface area contributed by atoms with Gasteiger partial charge in [-0.3, -0.25) is 4.79 Å². The molecule has 18 heavy (non-hydrogen) atoms. The molecular formula is C14H27ClN2O. The number of amides is 1. The van der Waals surface area contributed by atoms with Crippen LogP contribution < -0.4 is 10.6 Å². The van der Waals surface area contributed by atoms with Crippen molar-refractivity contribution >= 4 is 18.3 Å². The van der Waals surface area contributed by atoms with E-state index in [-0.39, 0.29) is 17.8 Å². The van der Waals surface area contributed by atoms with Crippen LogP contribution in [0.4, 0.5) is 0 Å². The third-order valence-corrected chi connectivity index (χ3v) is 4.68. The zero-order valence-electron chi connectivity index (χ0n) is 11.6.